The predicted molar refractivity (Wildman–Crippen MR) is 112 cm³/mol. The summed E-state index contributed by atoms with van der Waals surface area (Å²) in [7, 11) is -3.73. The highest BCUT2D eigenvalue weighted by Gasteiger charge is 2.27. The molecule has 0 amide bonds. The molecule has 3 aromatic rings. The molecule has 0 aliphatic carbocycles. The number of hydrogen-bond acceptors (Lipinski definition) is 6. The maximum absolute atomic E-state index is 12.9. The first kappa shape index (κ1) is 21.1. The molecule has 8 nitrogen and oxygen atoms in total. The van der Waals surface area contributed by atoms with E-state index in [0.717, 1.165) is 5.52 Å². The van der Waals surface area contributed by atoms with Crippen molar-refractivity contribution in [3.05, 3.63) is 71.0 Å². The Morgan fingerprint density at radius 3 is 2.74 bits per heavy atom. The molecule has 0 radical (unpaired) electrons. The lowest BCUT2D eigenvalue weighted by Crippen LogP contribution is -2.40. The zero-order chi connectivity index (χ0) is 22.0. The smallest absolute Gasteiger partial charge is 0.338 e. The Kier molecular flexibility index (Phi) is 5.78. The van der Waals surface area contributed by atoms with E-state index in [-0.39, 0.29) is 30.2 Å². The summed E-state index contributed by atoms with van der Waals surface area (Å²) < 4.78 is 39.6. The SMILES string of the molecule is Cc1ccc(S(=O)(=O)N2CCOCC2)cc1C(=O)OCc1cn2ccccc2c1C#N. The summed E-state index contributed by atoms with van der Waals surface area (Å²) in [6.45, 7) is 2.85. The van der Waals surface area contributed by atoms with Crippen LogP contribution in [-0.4, -0.2) is 49.4 Å². The maximum atomic E-state index is 12.9. The van der Waals surface area contributed by atoms with Crippen molar-refractivity contribution in [2.75, 3.05) is 26.3 Å². The summed E-state index contributed by atoms with van der Waals surface area (Å²) in [4.78, 5) is 12.8. The molecule has 3 heterocycles. The summed E-state index contributed by atoms with van der Waals surface area (Å²) in [5.74, 6) is -0.643. The Labute approximate surface area is 180 Å². The van der Waals surface area contributed by atoms with Crippen LogP contribution in [0, 0.1) is 18.3 Å². The number of nitrogens with zero attached hydrogens (tertiary/aromatic N) is 3. The number of carbonyl (C=O) groups is 1. The first-order chi connectivity index (χ1) is 14.9. The third-order valence-corrected chi connectivity index (χ3v) is 7.16. The van der Waals surface area contributed by atoms with E-state index in [2.05, 4.69) is 6.07 Å². The van der Waals surface area contributed by atoms with Crippen LogP contribution in [-0.2, 0) is 26.1 Å². The standard InChI is InChI=1S/C22H21N3O5S/c1-16-5-6-18(31(27,28)25-8-10-29-11-9-25)12-19(16)22(26)30-15-17-14-24-7-3-2-4-21(24)20(17)13-23/h2-7,12,14H,8-11,15H2,1H3. The maximum Gasteiger partial charge on any atom is 0.338 e. The minimum atomic E-state index is -3.73. The van der Waals surface area contributed by atoms with Crippen molar-refractivity contribution in [3.8, 4) is 6.07 Å². The number of carbonyl (C=O) groups excluding carboxylic acids is 1. The Morgan fingerprint density at radius 1 is 1.23 bits per heavy atom. The van der Waals surface area contributed by atoms with Crippen molar-refractivity contribution >= 4 is 21.5 Å². The second-order valence-corrected chi connectivity index (χ2v) is 9.14. The highest BCUT2D eigenvalue weighted by atomic mass is 32.2. The lowest BCUT2D eigenvalue weighted by Gasteiger charge is -2.26. The Morgan fingerprint density at radius 2 is 2.00 bits per heavy atom. The molecule has 0 saturated carbocycles. The van der Waals surface area contributed by atoms with Crippen LogP contribution in [0.15, 0.2) is 53.7 Å². The van der Waals surface area contributed by atoms with Gasteiger partial charge in [0.05, 0.1) is 34.8 Å². The lowest BCUT2D eigenvalue weighted by atomic mass is 10.1. The van der Waals surface area contributed by atoms with Gasteiger partial charge in [-0.2, -0.15) is 9.57 Å². The molecule has 1 aromatic carbocycles. The second-order valence-electron chi connectivity index (χ2n) is 7.20. The summed E-state index contributed by atoms with van der Waals surface area (Å²) in [6, 6.07) is 12.1. The van der Waals surface area contributed by atoms with Crippen LogP contribution in [0.25, 0.3) is 5.52 Å². The van der Waals surface area contributed by atoms with Crippen LogP contribution in [0.4, 0.5) is 0 Å². The number of ether oxygens (including phenoxy) is 2. The van der Waals surface area contributed by atoms with Gasteiger partial charge in [-0.1, -0.05) is 12.1 Å². The molecule has 1 aliphatic rings. The van der Waals surface area contributed by atoms with Crippen molar-refractivity contribution in [3.63, 3.8) is 0 Å². The zero-order valence-corrected chi connectivity index (χ0v) is 17.8. The largest absolute Gasteiger partial charge is 0.457 e. The molecule has 1 fully saturated rings. The van der Waals surface area contributed by atoms with Gasteiger partial charge in [-0.15, -0.1) is 0 Å². The molecule has 0 atom stereocenters. The van der Waals surface area contributed by atoms with Crippen LogP contribution >= 0.6 is 0 Å². The minimum absolute atomic E-state index is 0.0410. The van der Waals surface area contributed by atoms with E-state index < -0.39 is 16.0 Å². The Balaban J connectivity index is 1.57. The monoisotopic (exact) mass is 439 g/mol. The zero-order valence-electron chi connectivity index (χ0n) is 16.9. The van der Waals surface area contributed by atoms with Crippen molar-refractivity contribution in [1.82, 2.24) is 8.71 Å². The molecule has 2 aromatic heterocycles. The van der Waals surface area contributed by atoms with Crippen molar-refractivity contribution in [2.24, 2.45) is 0 Å². The molecule has 4 rings (SSSR count). The van der Waals surface area contributed by atoms with E-state index in [1.807, 2.05) is 24.4 Å². The highest BCUT2D eigenvalue weighted by molar-refractivity contribution is 7.89. The fourth-order valence-corrected chi connectivity index (χ4v) is 4.99. The number of nitriles is 1. The average Bonchev–Trinajstić information content (AvgIpc) is 3.15. The van der Waals surface area contributed by atoms with Gasteiger partial charge in [-0.3, -0.25) is 0 Å². The second kappa shape index (κ2) is 8.51. The first-order valence-corrected chi connectivity index (χ1v) is 11.2. The van der Waals surface area contributed by atoms with Gasteiger partial charge in [-0.05, 0) is 36.8 Å². The van der Waals surface area contributed by atoms with Crippen LogP contribution in [0.2, 0.25) is 0 Å². The number of morpholine rings is 1. The number of benzene rings is 1. The molecule has 9 heteroatoms. The molecule has 1 saturated heterocycles. The van der Waals surface area contributed by atoms with Crippen molar-refractivity contribution in [2.45, 2.75) is 18.4 Å². The molecule has 31 heavy (non-hydrogen) atoms. The molecule has 0 unspecified atom stereocenters. The first-order valence-electron chi connectivity index (χ1n) is 9.76. The quantitative estimate of drug-likeness (QED) is 0.566. The van der Waals surface area contributed by atoms with Gasteiger partial charge >= 0.3 is 5.97 Å². The van der Waals surface area contributed by atoms with Crippen LogP contribution in [0.3, 0.4) is 0 Å². The molecule has 1 aliphatic heterocycles. The number of sulfonamides is 1. The summed E-state index contributed by atoms with van der Waals surface area (Å²) >= 11 is 0. The van der Waals surface area contributed by atoms with E-state index in [1.54, 1.807) is 23.6 Å². The number of hydrogen-bond donors (Lipinski definition) is 0. The number of fused-ring (bicyclic) bond motifs is 1. The third kappa shape index (κ3) is 4.05. The molecule has 160 valence electrons. The molecular weight excluding hydrogens is 418 g/mol. The molecule has 0 N–H and O–H groups in total. The number of esters is 1. The summed E-state index contributed by atoms with van der Waals surface area (Å²) in [5.41, 5.74) is 2.53. The van der Waals surface area contributed by atoms with E-state index in [4.69, 9.17) is 9.47 Å². The molecular formula is C22H21N3O5S. The summed E-state index contributed by atoms with van der Waals surface area (Å²) in [5, 5.41) is 9.50. The van der Waals surface area contributed by atoms with Crippen molar-refractivity contribution < 1.29 is 22.7 Å². The van der Waals surface area contributed by atoms with Crippen LogP contribution < -0.4 is 0 Å². The van der Waals surface area contributed by atoms with Gasteiger partial charge in [0.2, 0.25) is 10.0 Å². The van der Waals surface area contributed by atoms with Gasteiger partial charge in [0, 0.05) is 31.0 Å². The number of aryl methyl sites for hydroxylation is 1. The topological polar surface area (TPSA) is 101 Å². The van der Waals surface area contributed by atoms with Gasteiger partial charge < -0.3 is 13.9 Å². The van der Waals surface area contributed by atoms with E-state index in [0.29, 0.717) is 29.9 Å². The third-order valence-electron chi connectivity index (χ3n) is 5.27. The minimum Gasteiger partial charge on any atom is -0.457 e. The highest BCUT2D eigenvalue weighted by Crippen LogP contribution is 2.23. The van der Waals surface area contributed by atoms with Gasteiger partial charge in [-0.25, -0.2) is 13.2 Å². The predicted octanol–water partition coefficient (Wildman–Crippen LogP) is 2.50. The Bertz CT molecular complexity index is 1280. The summed E-state index contributed by atoms with van der Waals surface area (Å²) in [6.07, 6.45) is 3.55. The van der Waals surface area contributed by atoms with Gasteiger partial charge in [0.25, 0.3) is 0 Å². The number of rotatable bonds is 5. The number of aromatic nitrogens is 1. The fraction of sp³-hybridized carbons (Fsp3) is 0.273. The molecule has 0 bridgehead atoms. The van der Waals surface area contributed by atoms with E-state index in [9.17, 15) is 18.5 Å². The normalized spacial score (nSPS) is 15.0. The fourth-order valence-electron chi connectivity index (χ4n) is 3.55. The van der Waals surface area contributed by atoms with Crippen LogP contribution in [0.5, 0.6) is 0 Å². The lowest BCUT2D eigenvalue weighted by molar-refractivity contribution is 0.0471. The Hall–Kier alpha value is -3.19. The number of pyridine rings is 1. The van der Waals surface area contributed by atoms with E-state index in [1.165, 1.54) is 16.4 Å². The molecule has 0 spiro atoms. The van der Waals surface area contributed by atoms with E-state index >= 15 is 0 Å². The average molecular weight is 439 g/mol. The van der Waals surface area contributed by atoms with Gasteiger partial charge in [0.15, 0.2) is 0 Å². The van der Waals surface area contributed by atoms with Crippen molar-refractivity contribution in [1.29, 1.82) is 5.26 Å². The van der Waals surface area contributed by atoms with Gasteiger partial charge in [0.1, 0.15) is 12.7 Å². The van der Waals surface area contributed by atoms with Crippen LogP contribution in [0.1, 0.15) is 27.0 Å².